The molecular weight excluding hydrogens is 366 g/mol. The Hall–Kier alpha value is -1.18. The fraction of sp³-hybridized carbons (Fsp3) is 0.786. The Morgan fingerprint density at radius 2 is 1.13 bits per heavy atom. The number of hydrogen-bond donors (Lipinski definition) is 0. The fourth-order valence-corrected chi connectivity index (χ4v) is 3.05. The number of hydrogen-bond acceptors (Lipinski definition) is 2. The van der Waals surface area contributed by atoms with Crippen molar-refractivity contribution < 1.29 is 0 Å². The Kier molecular flexibility index (Phi) is 23.9. The van der Waals surface area contributed by atoms with Gasteiger partial charge in [0, 0.05) is 0 Å². The van der Waals surface area contributed by atoms with Gasteiger partial charge in [-0.2, -0.15) is 4.91 Å². The van der Waals surface area contributed by atoms with Gasteiger partial charge in [0.2, 0.25) is 0 Å². The molecule has 0 radical (unpaired) electrons. The van der Waals surface area contributed by atoms with Crippen molar-refractivity contribution in [2.75, 3.05) is 6.54 Å². The third-order valence-corrected chi connectivity index (χ3v) is 5.16. The highest BCUT2D eigenvalue weighted by Gasteiger charge is 2.39. The van der Waals surface area contributed by atoms with Gasteiger partial charge in [0.1, 0.15) is 0 Å². The minimum atomic E-state index is 0.161. The molecule has 0 aliphatic heterocycles. The van der Waals surface area contributed by atoms with Crippen molar-refractivity contribution in [2.24, 2.45) is 21.4 Å². The van der Waals surface area contributed by atoms with Crippen molar-refractivity contribution in [1.82, 2.24) is 0 Å². The lowest BCUT2D eigenvalue weighted by Crippen LogP contribution is -2.36. The molecule has 30 heavy (non-hydrogen) atoms. The molecule has 1 aromatic carbocycles. The molecule has 0 spiro atoms. The van der Waals surface area contributed by atoms with E-state index in [9.17, 15) is 4.91 Å². The van der Waals surface area contributed by atoms with Gasteiger partial charge in [-0.25, -0.2) is 0 Å². The summed E-state index contributed by atoms with van der Waals surface area (Å²) in [7, 11) is 0. The van der Waals surface area contributed by atoms with Gasteiger partial charge in [-0.05, 0) is 48.0 Å². The van der Waals surface area contributed by atoms with E-state index < -0.39 is 0 Å². The number of aryl methyl sites for hydroxylation is 2. The number of benzene rings is 1. The monoisotopic (exact) mass is 423 g/mol. The molecule has 0 saturated heterocycles. The molecule has 0 aliphatic rings. The summed E-state index contributed by atoms with van der Waals surface area (Å²) >= 11 is 0. The van der Waals surface area contributed by atoms with Crippen LogP contribution in [0.15, 0.2) is 29.4 Å². The first-order valence-corrected chi connectivity index (χ1v) is 12.2. The average molecular weight is 424 g/mol. The van der Waals surface area contributed by atoms with Gasteiger partial charge in [0.15, 0.2) is 0 Å². The number of nitroso groups, excluding NO2 is 1. The first kappa shape index (κ1) is 36.2. The molecule has 2 nitrogen and oxygen atoms in total. The maximum absolute atomic E-state index is 10.2. The van der Waals surface area contributed by atoms with E-state index in [0.29, 0.717) is 12.0 Å². The molecule has 0 bridgehead atoms. The van der Waals surface area contributed by atoms with E-state index in [1.807, 2.05) is 41.5 Å². The van der Waals surface area contributed by atoms with Crippen LogP contribution in [0.5, 0.6) is 0 Å². The van der Waals surface area contributed by atoms with Crippen molar-refractivity contribution in [3.63, 3.8) is 0 Å². The first-order chi connectivity index (χ1) is 13.8. The van der Waals surface area contributed by atoms with Crippen LogP contribution in [0.3, 0.4) is 0 Å². The van der Waals surface area contributed by atoms with E-state index in [4.69, 9.17) is 0 Å². The first-order valence-electron chi connectivity index (χ1n) is 12.2. The molecule has 1 rings (SSSR count). The third kappa shape index (κ3) is 18.8. The highest BCUT2D eigenvalue weighted by atomic mass is 16.3. The van der Waals surface area contributed by atoms with Gasteiger partial charge in [-0.15, -0.1) is 0 Å². The molecule has 0 N–H and O–H groups in total. The molecule has 0 saturated carbocycles. The van der Waals surface area contributed by atoms with Crippen LogP contribution in [-0.2, 0) is 6.42 Å². The quantitative estimate of drug-likeness (QED) is 0.418. The predicted molar refractivity (Wildman–Crippen MR) is 142 cm³/mol. The van der Waals surface area contributed by atoms with Gasteiger partial charge >= 0.3 is 0 Å². The third-order valence-electron chi connectivity index (χ3n) is 5.16. The van der Waals surface area contributed by atoms with E-state index in [1.54, 1.807) is 0 Å². The van der Waals surface area contributed by atoms with E-state index in [1.165, 1.54) is 11.1 Å². The summed E-state index contributed by atoms with van der Waals surface area (Å²) in [5.74, 6) is 0. The molecule has 0 aliphatic carbocycles. The van der Waals surface area contributed by atoms with E-state index in [0.717, 1.165) is 19.3 Å². The summed E-state index contributed by atoms with van der Waals surface area (Å²) in [6.45, 7) is 32.6. The molecule has 1 aromatic rings. The lowest BCUT2D eigenvalue weighted by molar-refractivity contribution is 0.0527. The smallest absolute Gasteiger partial charge is 0.0816 e. The molecule has 0 unspecified atom stereocenters. The highest BCUT2D eigenvalue weighted by molar-refractivity contribution is 5.20. The summed E-state index contributed by atoms with van der Waals surface area (Å²) in [5.41, 5.74) is 3.48. The second-order valence-electron chi connectivity index (χ2n) is 9.45. The van der Waals surface area contributed by atoms with Crippen LogP contribution in [0.4, 0.5) is 0 Å². The van der Waals surface area contributed by atoms with Gasteiger partial charge in [0.05, 0.1) is 6.54 Å². The SMILES string of the molecule is CC.CC.CC.CC(C)(C)CC(C)(C)C(C)(C)CCN=O.CCc1ccc(C)cc1. The highest BCUT2D eigenvalue weighted by Crippen LogP contribution is 2.48. The Balaban J connectivity index is -0.000000191. The second-order valence-corrected chi connectivity index (χ2v) is 9.45. The number of rotatable bonds is 6. The minimum absolute atomic E-state index is 0.161. The lowest BCUT2D eigenvalue weighted by atomic mass is 9.60. The Morgan fingerprint density at radius 1 is 0.733 bits per heavy atom. The van der Waals surface area contributed by atoms with Gasteiger partial charge in [-0.3, -0.25) is 0 Å². The van der Waals surface area contributed by atoms with Crippen LogP contribution in [0, 0.1) is 28.1 Å². The largest absolute Gasteiger partial charge is 0.151 e. The van der Waals surface area contributed by atoms with Crippen LogP contribution < -0.4 is 0 Å². The van der Waals surface area contributed by atoms with E-state index in [2.05, 4.69) is 91.8 Å². The van der Waals surface area contributed by atoms with Crippen LogP contribution in [0.25, 0.3) is 0 Å². The van der Waals surface area contributed by atoms with Gasteiger partial charge in [-0.1, -0.05) is 132 Å². The van der Waals surface area contributed by atoms with Crippen LogP contribution >= 0.6 is 0 Å². The predicted octanol–water partition coefficient (Wildman–Crippen LogP) is 10.3. The standard InChI is InChI=1S/C13H27NO.C9H12.3C2H6/c1-11(2,3)10-13(6,7)12(4,5)8-9-14-15;1-3-9-6-4-8(2)5-7-9;3*1-2/h8-10H2,1-7H3;4-7H,3H2,1-2H3;3*1-2H3. The van der Waals surface area contributed by atoms with Crippen LogP contribution in [0.1, 0.15) is 121 Å². The molecule has 0 atom stereocenters. The molecule has 2 heteroatoms. The van der Waals surface area contributed by atoms with Crippen molar-refractivity contribution in [1.29, 1.82) is 0 Å². The second kappa shape index (κ2) is 19.8. The average Bonchev–Trinajstić information content (AvgIpc) is 2.70. The van der Waals surface area contributed by atoms with Crippen LogP contribution in [0.2, 0.25) is 0 Å². The lowest BCUT2D eigenvalue weighted by Gasteiger charge is -2.45. The maximum atomic E-state index is 10.2. The molecule has 0 fully saturated rings. The zero-order valence-corrected chi connectivity index (χ0v) is 23.5. The normalized spacial score (nSPS) is 10.5. The topological polar surface area (TPSA) is 29.4 Å². The minimum Gasteiger partial charge on any atom is -0.151 e. The fourth-order valence-electron chi connectivity index (χ4n) is 3.05. The number of nitrogens with zero attached hydrogens (tertiary/aromatic N) is 1. The van der Waals surface area contributed by atoms with Crippen LogP contribution in [-0.4, -0.2) is 6.54 Å². The molecular formula is C28H57NO. The van der Waals surface area contributed by atoms with Gasteiger partial charge < -0.3 is 0 Å². The Morgan fingerprint density at radius 3 is 1.43 bits per heavy atom. The summed E-state index contributed by atoms with van der Waals surface area (Å²) in [4.78, 5) is 10.2. The van der Waals surface area contributed by atoms with E-state index >= 15 is 0 Å². The molecule has 0 heterocycles. The van der Waals surface area contributed by atoms with Crippen molar-refractivity contribution in [3.8, 4) is 0 Å². The maximum Gasteiger partial charge on any atom is 0.0816 e. The summed E-state index contributed by atoms with van der Waals surface area (Å²) in [6.07, 6.45) is 3.17. The zero-order chi connectivity index (χ0) is 25.0. The van der Waals surface area contributed by atoms with E-state index in [-0.39, 0.29) is 10.8 Å². The van der Waals surface area contributed by atoms with Crippen molar-refractivity contribution in [2.45, 2.75) is 123 Å². The zero-order valence-electron chi connectivity index (χ0n) is 23.5. The Labute approximate surface area is 191 Å². The molecule has 180 valence electrons. The molecule has 0 amide bonds. The summed E-state index contributed by atoms with van der Waals surface area (Å²) in [6, 6.07) is 8.66. The van der Waals surface area contributed by atoms with Crippen molar-refractivity contribution >= 4 is 0 Å². The van der Waals surface area contributed by atoms with Gasteiger partial charge in [0.25, 0.3) is 0 Å². The summed E-state index contributed by atoms with van der Waals surface area (Å²) < 4.78 is 0. The summed E-state index contributed by atoms with van der Waals surface area (Å²) in [5, 5.41) is 2.98. The Bertz CT molecular complexity index is 478. The molecule has 0 aromatic heterocycles. The van der Waals surface area contributed by atoms with Crippen molar-refractivity contribution in [3.05, 3.63) is 40.3 Å².